The minimum absolute atomic E-state index is 0.0265. The third kappa shape index (κ3) is 3.74. The van der Waals surface area contributed by atoms with Gasteiger partial charge in [-0.2, -0.15) is 5.10 Å². The lowest BCUT2D eigenvalue weighted by Crippen LogP contribution is -2.29. The van der Waals surface area contributed by atoms with Crippen LogP contribution in [0.15, 0.2) is 11.0 Å². The summed E-state index contributed by atoms with van der Waals surface area (Å²) < 4.78 is 5.43. The van der Waals surface area contributed by atoms with Crippen LogP contribution >= 0.6 is 11.6 Å². The zero-order chi connectivity index (χ0) is 15.4. The van der Waals surface area contributed by atoms with Crippen LogP contribution in [0.3, 0.4) is 0 Å². The highest BCUT2D eigenvalue weighted by Crippen LogP contribution is 2.26. The number of aliphatic hydroxyl groups is 1. The van der Waals surface area contributed by atoms with Gasteiger partial charge >= 0.3 is 5.97 Å². The third-order valence-corrected chi connectivity index (χ3v) is 4.03. The fraction of sp³-hybridized carbons (Fsp3) is 0.615. The number of carbonyl (C=O) groups excluding carboxylic acids is 1. The highest BCUT2D eigenvalue weighted by molar-refractivity contribution is 6.32. The smallest absolute Gasteiger partial charge is 0.327 e. The first-order valence-corrected chi connectivity index (χ1v) is 7.15. The lowest BCUT2D eigenvalue weighted by atomic mass is 10.1. The van der Waals surface area contributed by atoms with Gasteiger partial charge in [0.05, 0.1) is 25.1 Å². The highest BCUT2D eigenvalue weighted by Gasteiger charge is 2.25. The van der Waals surface area contributed by atoms with Gasteiger partial charge in [0.25, 0.3) is 5.56 Å². The van der Waals surface area contributed by atoms with Crippen LogP contribution in [0.1, 0.15) is 19.3 Å². The predicted molar refractivity (Wildman–Crippen MR) is 77.4 cm³/mol. The zero-order valence-electron chi connectivity index (χ0n) is 11.7. The summed E-state index contributed by atoms with van der Waals surface area (Å²) in [6, 6.07) is 0. The minimum atomic E-state index is -0.574. The molecule has 1 fully saturated rings. The second-order valence-electron chi connectivity index (χ2n) is 5.05. The van der Waals surface area contributed by atoms with Crippen molar-refractivity contribution in [1.29, 1.82) is 0 Å². The highest BCUT2D eigenvalue weighted by atomic mass is 35.5. The van der Waals surface area contributed by atoms with Gasteiger partial charge in [0.2, 0.25) is 0 Å². The molecule has 0 aromatic carbocycles. The number of aliphatic hydroxyl groups excluding tert-OH is 1. The van der Waals surface area contributed by atoms with Crippen molar-refractivity contribution in [3.8, 4) is 0 Å². The van der Waals surface area contributed by atoms with Crippen molar-refractivity contribution in [3.63, 3.8) is 0 Å². The molecule has 1 aromatic heterocycles. The summed E-state index contributed by atoms with van der Waals surface area (Å²) in [7, 11) is 1.23. The Kier molecular flexibility index (Phi) is 5.19. The maximum atomic E-state index is 12.0. The molecule has 0 saturated heterocycles. The lowest BCUT2D eigenvalue weighted by Gasteiger charge is -2.16. The molecule has 0 spiro atoms. The zero-order valence-corrected chi connectivity index (χ0v) is 12.5. The first-order chi connectivity index (χ1) is 10.0. The fourth-order valence-electron chi connectivity index (χ4n) is 2.38. The summed E-state index contributed by atoms with van der Waals surface area (Å²) in [5.74, 6) is -0.422. The van der Waals surface area contributed by atoms with Gasteiger partial charge < -0.3 is 15.2 Å². The number of hydrogen-bond donors (Lipinski definition) is 2. The van der Waals surface area contributed by atoms with Crippen molar-refractivity contribution in [2.45, 2.75) is 31.9 Å². The van der Waals surface area contributed by atoms with Gasteiger partial charge in [-0.25, -0.2) is 4.68 Å². The Labute approximate surface area is 126 Å². The van der Waals surface area contributed by atoms with E-state index in [0.717, 1.165) is 23.9 Å². The molecule has 1 aliphatic rings. The van der Waals surface area contributed by atoms with E-state index in [2.05, 4.69) is 15.2 Å². The summed E-state index contributed by atoms with van der Waals surface area (Å²) in [4.78, 5) is 23.1. The molecule has 2 atom stereocenters. The number of esters is 1. The molecule has 1 aliphatic carbocycles. The van der Waals surface area contributed by atoms with Gasteiger partial charge in [0.1, 0.15) is 11.6 Å². The van der Waals surface area contributed by atoms with E-state index >= 15 is 0 Å². The Morgan fingerprint density at radius 3 is 3.00 bits per heavy atom. The molecule has 1 heterocycles. The van der Waals surface area contributed by atoms with Crippen LogP contribution in [0.4, 0.5) is 5.69 Å². The second kappa shape index (κ2) is 6.91. The van der Waals surface area contributed by atoms with Crippen LogP contribution in [0.25, 0.3) is 0 Å². The Morgan fingerprint density at radius 1 is 1.62 bits per heavy atom. The molecule has 116 valence electrons. The maximum Gasteiger partial charge on any atom is 0.327 e. The maximum absolute atomic E-state index is 12.0. The van der Waals surface area contributed by atoms with Crippen LogP contribution in [-0.4, -0.2) is 40.6 Å². The molecular weight excluding hydrogens is 298 g/mol. The Bertz CT molecular complexity index is 575. The fourth-order valence-corrected chi connectivity index (χ4v) is 2.60. The first-order valence-electron chi connectivity index (χ1n) is 6.77. The molecular formula is C13H18ClN3O4. The van der Waals surface area contributed by atoms with E-state index in [0.29, 0.717) is 12.2 Å². The van der Waals surface area contributed by atoms with Crippen molar-refractivity contribution in [3.05, 3.63) is 21.6 Å². The largest absolute Gasteiger partial charge is 0.468 e. The summed E-state index contributed by atoms with van der Waals surface area (Å²) in [5.41, 5.74) is -0.152. The summed E-state index contributed by atoms with van der Waals surface area (Å²) in [6.45, 7) is 0.250. The van der Waals surface area contributed by atoms with Crippen molar-refractivity contribution in [2.24, 2.45) is 5.92 Å². The quantitative estimate of drug-likeness (QED) is 0.775. The predicted octanol–water partition coefficient (Wildman–Crippen LogP) is 0.643. The molecule has 0 amide bonds. The van der Waals surface area contributed by atoms with Crippen LogP contribution < -0.4 is 10.9 Å². The standard InChI is InChI=1S/C13H18ClN3O4/c1-21-11(19)7-17-13(20)12(14)9(6-16-17)15-5-8-3-2-4-10(8)18/h6,8,10,15,18H,2-5,7H2,1H3. The van der Waals surface area contributed by atoms with E-state index in [1.165, 1.54) is 13.3 Å². The number of anilines is 1. The monoisotopic (exact) mass is 315 g/mol. The Morgan fingerprint density at radius 2 is 2.38 bits per heavy atom. The molecule has 0 aliphatic heterocycles. The van der Waals surface area contributed by atoms with Crippen molar-refractivity contribution < 1.29 is 14.6 Å². The van der Waals surface area contributed by atoms with E-state index in [1.807, 2.05) is 0 Å². The SMILES string of the molecule is COC(=O)Cn1ncc(NCC2CCCC2O)c(Cl)c1=O. The average Bonchev–Trinajstić information content (AvgIpc) is 2.88. The van der Waals surface area contributed by atoms with Gasteiger partial charge in [-0.1, -0.05) is 18.0 Å². The van der Waals surface area contributed by atoms with Crippen LogP contribution in [0.5, 0.6) is 0 Å². The molecule has 7 nitrogen and oxygen atoms in total. The number of hydrogen-bond acceptors (Lipinski definition) is 6. The molecule has 2 N–H and O–H groups in total. The van der Waals surface area contributed by atoms with E-state index in [9.17, 15) is 14.7 Å². The molecule has 2 unspecified atom stereocenters. The number of nitrogens with zero attached hydrogens (tertiary/aromatic N) is 2. The van der Waals surface area contributed by atoms with E-state index in [-0.39, 0.29) is 23.6 Å². The van der Waals surface area contributed by atoms with Crippen LogP contribution in [0, 0.1) is 5.92 Å². The summed E-state index contributed by atoms with van der Waals surface area (Å²) >= 11 is 6.00. The van der Waals surface area contributed by atoms with E-state index in [4.69, 9.17) is 11.6 Å². The molecule has 21 heavy (non-hydrogen) atoms. The van der Waals surface area contributed by atoms with Gasteiger partial charge in [-0.05, 0) is 12.8 Å². The third-order valence-electron chi connectivity index (χ3n) is 3.67. The van der Waals surface area contributed by atoms with Gasteiger partial charge in [0, 0.05) is 12.5 Å². The van der Waals surface area contributed by atoms with Gasteiger partial charge in [0.15, 0.2) is 0 Å². The molecule has 1 saturated carbocycles. The Balaban J connectivity index is 2.06. The molecule has 0 bridgehead atoms. The van der Waals surface area contributed by atoms with E-state index in [1.54, 1.807) is 0 Å². The normalized spacial score (nSPS) is 21.3. The van der Waals surface area contributed by atoms with Crippen LogP contribution in [-0.2, 0) is 16.1 Å². The van der Waals surface area contributed by atoms with Crippen LogP contribution in [0.2, 0.25) is 5.02 Å². The first kappa shape index (κ1) is 15.8. The second-order valence-corrected chi connectivity index (χ2v) is 5.43. The van der Waals surface area contributed by atoms with Gasteiger partial charge in [-0.3, -0.25) is 9.59 Å². The minimum Gasteiger partial charge on any atom is -0.468 e. The molecule has 2 rings (SSSR count). The van der Waals surface area contributed by atoms with Gasteiger partial charge in [-0.15, -0.1) is 0 Å². The van der Waals surface area contributed by atoms with E-state index < -0.39 is 11.5 Å². The summed E-state index contributed by atoms with van der Waals surface area (Å²) in [6.07, 6.45) is 3.83. The number of aromatic nitrogens is 2. The molecule has 0 radical (unpaired) electrons. The average molecular weight is 316 g/mol. The number of rotatable bonds is 5. The molecule has 8 heteroatoms. The lowest BCUT2D eigenvalue weighted by molar-refractivity contribution is -0.141. The number of carbonyl (C=O) groups is 1. The Hall–Kier alpha value is -1.60. The number of halogens is 1. The van der Waals surface area contributed by atoms with Crippen molar-refractivity contribution >= 4 is 23.3 Å². The molecule has 1 aromatic rings. The number of nitrogens with one attached hydrogen (secondary N) is 1. The summed E-state index contributed by atoms with van der Waals surface area (Å²) in [5, 5.41) is 16.7. The topological polar surface area (TPSA) is 93.5 Å². The number of methoxy groups -OCH3 is 1. The number of ether oxygens (including phenoxy) is 1. The van der Waals surface area contributed by atoms with Crippen molar-refractivity contribution in [2.75, 3.05) is 19.0 Å². The van der Waals surface area contributed by atoms with Crippen molar-refractivity contribution in [1.82, 2.24) is 9.78 Å².